The molecule has 0 saturated carbocycles. The molecule has 0 radical (unpaired) electrons. The average Bonchev–Trinajstić information content (AvgIpc) is 2.64. The Morgan fingerprint density at radius 3 is 2.37 bits per heavy atom. The number of piperazine rings is 1. The first-order valence-corrected chi connectivity index (χ1v) is 10.5. The number of hydrogen-bond donors (Lipinski definition) is 1. The van der Waals surface area contributed by atoms with Crippen LogP contribution in [0.1, 0.15) is 32.6 Å². The van der Waals surface area contributed by atoms with Gasteiger partial charge in [0.25, 0.3) is 0 Å². The lowest BCUT2D eigenvalue weighted by Gasteiger charge is -2.34. The molecule has 0 aromatic heterocycles. The molecule has 2 rings (SSSR count). The third kappa shape index (κ3) is 6.00. The van der Waals surface area contributed by atoms with E-state index in [9.17, 15) is 22.4 Å². The van der Waals surface area contributed by atoms with Crippen LogP contribution in [0, 0.1) is 5.82 Å². The van der Waals surface area contributed by atoms with Crippen LogP contribution in [0.25, 0.3) is 0 Å². The van der Waals surface area contributed by atoms with Crippen LogP contribution in [0.3, 0.4) is 0 Å². The van der Waals surface area contributed by atoms with Crippen LogP contribution in [0.15, 0.2) is 29.2 Å². The summed E-state index contributed by atoms with van der Waals surface area (Å²) in [7, 11) is -3.89. The Kier molecular flexibility index (Phi) is 7.73. The average molecular weight is 399 g/mol. The largest absolute Gasteiger partial charge is 0.356 e. The molecule has 1 aliphatic rings. The van der Waals surface area contributed by atoms with E-state index in [2.05, 4.69) is 5.32 Å². The first kappa shape index (κ1) is 21.3. The van der Waals surface area contributed by atoms with Gasteiger partial charge in [0, 0.05) is 46.1 Å². The molecule has 0 unspecified atom stereocenters. The lowest BCUT2D eigenvalue weighted by atomic mass is 10.1. The van der Waals surface area contributed by atoms with Gasteiger partial charge in [-0.2, -0.15) is 4.31 Å². The molecule has 1 N–H and O–H groups in total. The number of benzene rings is 1. The van der Waals surface area contributed by atoms with Crippen molar-refractivity contribution < 1.29 is 22.4 Å². The second kappa shape index (κ2) is 9.80. The lowest BCUT2D eigenvalue weighted by molar-refractivity contribution is -0.132. The van der Waals surface area contributed by atoms with E-state index in [0.717, 1.165) is 25.3 Å². The molecule has 2 amide bonds. The summed E-state index contributed by atoms with van der Waals surface area (Å²) in [6.07, 6.45) is 2.79. The number of hydrogen-bond acceptors (Lipinski definition) is 4. The van der Waals surface area contributed by atoms with Gasteiger partial charge in [0.15, 0.2) is 0 Å². The molecule has 150 valence electrons. The zero-order valence-corrected chi connectivity index (χ0v) is 16.3. The summed E-state index contributed by atoms with van der Waals surface area (Å²) in [6.45, 7) is 3.00. The number of sulfonamides is 1. The number of amides is 2. The van der Waals surface area contributed by atoms with Crippen LogP contribution in [0.5, 0.6) is 0 Å². The van der Waals surface area contributed by atoms with E-state index in [1.165, 1.54) is 29.4 Å². The molecule has 1 fully saturated rings. The number of halogens is 1. The first-order valence-electron chi connectivity index (χ1n) is 9.09. The number of carbonyl (C=O) groups is 2. The van der Waals surface area contributed by atoms with Crippen molar-refractivity contribution in [1.82, 2.24) is 14.5 Å². The maximum Gasteiger partial charge on any atom is 0.246 e. The molecule has 1 aliphatic heterocycles. The second-order valence-corrected chi connectivity index (χ2v) is 8.42. The predicted molar refractivity (Wildman–Crippen MR) is 98.9 cm³/mol. The summed E-state index contributed by atoms with van der Waals surface area (Å²) in [5.74, 6) is -0.831. The minimum absolute atomic E-state index is 0.00235. The molecule has 1 aromatic rings. The molecule has 9 heteroatoms. The van der Waals surface area contributed by atoms with E-state index in [-0.39, 0.29) is 29.8 Å². The fraction of sp³-hybridized carbons (Fsp3) is 0.556. The Bertz CT molecular complexity index is 762. The number of rotatable bonds is 8. The van der Waals surface area contributed by atoms with E-state index in [4.69, 9.17) is 0 Å². The summed E-state index contributed by atoms with van der Waals surface area (Å²) in [4.78, 5) is 24.3. The Labute approximate surface area is 159 Å². The highest BCUT2D eigenvalue weighted by molar-refractivity contribution is 7.89. The molecule has 1 heterocycles. The first-order chi connectivity index (χ1) is 12.8. The highest BCUT2D eigenvalue weighted by atomic mass is 32.2. The van der Waals surface area contributed by atoms with Gasteiger partial charge in [-0.15, -0.1) is 0 Å². The fourth-order valence-corrected chi connectivity index (χ4v) is 4.46. The van der Waals surface area contributed by atoms with Gasteiger partial charge in [-0.05, 0) is 25.0 Å². The van der Waals surface area contributed by atoms with Crippen molar-refractivity contribution in [2.45, 2.75) is 37.5 Å². The molecule has 0 aliphatic carbocycles. The van der Waals surface area contributed by atoms with Gasteiger partial charge in [-0.1, -0.05) is 18.6 Å². The molecule has 7 nitrogen and oxygen atoms in total. The summed E-state index contributed by atoms with van der Waals surface area (Å²) in [6, 6.07) is 5.31. The normalized spacial score (nSPS) is 15.6. The monoisotopic (exact) mass is 399 g/mol. The Morgan fingerprint density at radius 2 is 1.74 bits per heavy atom. The zero-order valence-electron chi connectivity index (χ0n) is 15.5. The fourth-order valence-electron chi connectivity index (χ4n) is 2.97. The summed E-state index contributed by atoms with van der Waals surface area (Å²) in [5, 5.41) is 2.71. The van der Waals surface area contributed by atoms with E-state index in [1.807, 2.05) is 0 Å². The lowest BCUT2D eigenvalue weighted by Crippen LogP contribution is -2.50. The molecular weight excluding hydrogens is 373 g/mol. The molecule has 1 saturated heterocycles. The van der Waals surface area contributed by atoms with Gasteiger partial charge >= 0.3 is 0 Å². The van der Waals surface area contributed by atoms with Crippen molar-refractivity contribution >= 4 is 21.8 Å². The quantitative estimate of drug-likeness (QED) is 0.669. The standard InChI is InChI=1S/C18H26FN3O4S/c1-15(23)20-10-6-2-3-9-18(24)21-11-13-22(14-12-21)27(25,26)17-8-5-4-7-16(17)19/h4-5,7-8H,2-3,6,9-14H2,1H3,(H,20,23). The molecule has 0 spiro atoms. The van der Waals surface area contributed by atoms with Crippen molar-refractivity contribution in [1.29, 1.82) is 0 Å². The third-order valence-electron chi connectivity index (χ3n) is 4.49. The van der Waals surface area contributed by atoms with E-state index < -0.39 is 15.8 Å². The minimum Gasteiger partial charge on any atom is -0.356 e. The predicted octanol–water partition coefficient (Wildman–Crippen LogP) is 1.36. The van der Waals surface area contributed by atoms with Crippen molar-refractivity contribution in [3.63, 3.8) is 0 Å². The van der Waals surface area contributed by atoms with Crippen LogP contribution in [0.2, 0.25) is 0 Å². The molecule has 0 atom stereocenters. The van der Waals surface area contributed by atoms with Gasteiger partial charge in [0.2, 0.25) is 21.8 Å². The van der Waals surface area contributed by atoms with Gasteiger partial charge in [0.1, 0.15) is 10.7 Å². The Hall–Kier alpha value is -2.00. The van der Waals surface area contributed by atoms with Gasteiger partial charge in [-0.25, -0.2) is 12.8 Å². The van der Waals surface area contributed by atoms with E-state index in [0.29, 0.717) is 26.1 Å². The SMILES string of the molecule is CC(=O)NCCCCCC(=O)N1CCN(S(=O)(=O)c2ccccc2F)CC1. The number of carbonyl (C=O) groups excluding carboxylic acids is 2. The van der Waals surface area contributed by atoms with Crippen LogP contribution >= 0.6 is 0 Å². The second-order valence-electron chi connectivity index (χ2n) is 6.51. The van der Waals surface area contributed by atoms with Crippen LogP contribution in [0.4, 0.5) is 4.39 Å². The highest BCUT2D eigenvalue weighted by Crippen LogP contribution is 2.20. The highest BCUT2D eigenvalue weighted by Gasteiger charge is 2.31. The molecule has 1 aromatic carbocycles. The van der Waals surface area contributed by atoms with E-state index in [1.54, 1.807) is 4.90 Å². The van der Waals surface area contributed by atoms with Crippen LogP contribution in [-0.4, -0.2) is 62.2 Å². The summed E-state index contributed by atoms with van der Waals surface area (Å²) in [5.41, 5.74) is 0. The minimum atomic E-state index is -3.89. The van der Waals surface area contributed by atoms with E-state index >= 15 is 0 Å². The number of nitrogens with one attached hydrogen (secondary N) is 1. The topological polar surface area (TPSA) is 86.8 Å². The smallest absolute Gasteiger partial charge is 0.246 e. The maximum absolute atomic E-state index is 13.8. The molecule has 0 bridgehead atoms. The van der Waals surface area contributed by atoms with Crippen molar-refractivity contribution in [2.24, 2.45) is 0 Å². The van der Waals surface area contributed by atoms with Crippen LogP contribution in [-0.2, 0) is 19.6 Å². The number of unbranched alkanes of at least 4 members (excludes halogenated alkanes) is 2. The molecular formula is C18H26FN3O4S. The summed E-state index contributed by atoms with van der Waals surface area (Å²) >= 11 is 0. The van der Waals surface area contributed by atoms with Crippen molar-refractivity contribution in [2.75, 3.05) is 32.7 Å². The third-order valence-corrected chi connectivity index (χ3v) is 6.42. The molecule has 27 heavy (non-hydrogen) atoms. The van der Waals surface area contributed by atoms with Gasteiger partial charge in [0.05, 0.1) is 0 Å². The Morgan fingerprint density at radius 1 is 1.07 bits per heavy atom. The van der Waals surface area contributed by atoms with Crippen LogP contribution < -0.4 is 5.32 Å². The zero-order chi connectivity index (χ0) is 19.9. The number of nitrogens with zero attached hydrogens (tertiary/aromatic N) is 2. The maximum atomic E-state index is 13.8. The van der Waals surface area contributed by atoms with Crippen molar-refractivity contribution in [3.8, 4) is 0 Å². The summed E-state index contributed by atoms with van der Waals surface area (Å²) < 4.78 is 40.2. The Balaban J connectivity index is 1.77. The van der Waals surface area contributed by atoms with Gasteiger partial charge < -0.3 is 10.2 Å². The van der Waals surface area contributed by atoms with Crippen molar-refractivity contribution in [3.05, 3.63) is 30.1 Å². The van der Waals surface area contributed by atoms with Gasteiger partial charge in [-0.3, -0.25) is 9.59 Å².